The third-order valence-electron chi connectivity index (χ3n) is 4.68. The first-order valence-electron chi connectivity index (χ1n) is 8.96. The number of ether oxygens (including phenoxy) is 1. The van der Waals surface area contributed by atoms with Crippen molar-refractivity contribution in [3.05, 3.63) is 29.3 Å². The minimum Gasteiger partial charge on any atom is -0.484 e. The molecule has 1 heterocycles. The van der Waals surface area contributed by atoms with Crippen molar-refractivity contribution in [2.24, 2.45) is 0 Å². The number of benzene rings is 1. The maximum Gasteiger partial charge on any atom is 0.257 e. The summed E-state index contributed by atoms with van der Waals surface area (Å²) in [4.78, 5) is 28.2. The lowest BCUT2D eigenvalue weighted by Gasteiger charge is -2.34. The number of nitrogens with zero attached hydrogens (tertiary/aromatic N) is 2. The number of amides is 2. The van der Waals surface area contributed by atoms with Gasteiger partial charge in [-0.1, -0.05) is 13.0 Å². The van der Waals surface area contributed by atoms with Gasteiger partial charge in [0.15, 0.2) is 6.61 Å². The zero-order chi connectivity index (χ0) is 18.2. The van der Waals surface area contributed by atoms with Crippen LogP contribution in [-0.2, 0) is 9.59 Å². The van der Waals surface area contributed by atoms with Crippen LogP contribution in [0.2, 0.25) is 0 Å². The van der Waals surface area contributed by atoms with Crippen LogP contribution in [0.25, 0.3) is 0 Å². The third-order valence-corrected chi connectivity index (χ3v) is 4.68. The second-order valence-corrected chi connectivity index (χ2v) is 6.45. The molecule has 1 aromatic rings. The van der Waals surface area contributed by atoms with Crippen LogP contribution >= 0.6 is 0 Å². The number of rotatable bonds is 7. The van der Waals surface area contributed by atoms with Crippen LogP contribution in [0.5, 0.6) is 5.75 Å². The molecule has 1 saturated heterocycles. The Morgan fingerprint density at radius 2 is 1.84 bits per heavy atom. The van der Waals surface area contributed by atoms with Gasteiger partial charge in [-0.2, -0.15) is 0 Å². The molecular formula is C19H29N3O3. The van der Waals surface area contributed by atoms with E-state index in [9.17, 15) is 9.59 Å². The topological polar surface area (TPSA) is 61.9 Å². The summed E-state index contributed by atoms with van der Waals surface area (Å²) >= 11 is 0. The summed E-state index contributed by atoms with van der Waals surface area (Å²) in [5, 5.41) is 2.75. The summed E-state index contributed by atoms with van der Waals surface area (Å²) < 4.78 is 5.49. The maximum absolute atomic E-state index is 12.1. The van der Waals surface area contributed by atoms with Gasteiger partial charge >= 0.3 is 0 Å². The third kappa shape index (κ3) is 6.05. The minimum absolute atomic E-state index is 0.0358. The monoisotopic (exact) mass is 347 g/mol. The molecule has 6 nitrogen and oxygen atoms in total. The van der Waals surface area contributed by atoms with E-state index in [4.69, 9.17) is 4.74 Å². The van der Waals surface area contributed by atoms with Gasteiger partial charge in [0.2, 0.25) is 5.91 Å². The van der Waals surface area contributed by atoms with Crippen LogP contribution in [0, 0.1) is 13.8 Å². The first-order chi connectivity index (χ1) is 12.0. The Bertz CT molecular complexity index is 596. The van der Waals surface area contributed by atoms with Gasteiger partial charge in [-0.25, -0.2) is 0 Å². The molecule has 0 spiro atoms. The van der Waals surface area contributed by atoms with Crippen molar-refractivity contribution in [3.63, 3.8) is 0 Å². The largest absolute Gasteiger partial charge is 0.484 e. The number of nitrogens with one attached hydrogen (secondary N) is 1. The molecule has 6 heteroatoms. The summed E-state index contributed by atoms with van der Waals surface area (Å²) in [5.74, 6) is 0.580. The average Bonchev–Trinajstić information content (AvgIpc) is 2.62. The van der Waals surface area contributed by atoms with Crippen molar-refractivity contribution in [1.29, 1.82) is 0 Å². The lowest BCUT2D eigenvalue weighted by Crippen LogP contribution is -2.49. The Morgan fingerprint density at radius 1 is 1.12 bits per heavy atom. The second-order valence-electron chi connectivity index (χ2n) is 6.45. The van der Waals surface area contributed by atoms with Crippen molar-refractivity contribution >= 4 is 11.8 Å². The van der Waals surface area contributed by atoms with Crippen molar-refractivity contribution in [2.45, 2.75) is 27.2 Å². The molecule has 1 aromatic carbocycles. The lowest BCUT2D eigenvalue weighted by atomic mass is 10.1. The van der Waals surface area contributed by atoms with E-state index in [0.717, 1.165) is 38.3 Å². The Balaban J connectivity index is 1.63. The summed E-state index contributed by atoms with van der Waals surface area (Å²) in [6.07, 6.45) is 0.335. The number of carbonyl (C=O) groups excluding carboxylic acids is 2. The molecule has 1 fully saturated rings. The molecule has 1 N–H and O–H groups in total. The van der Waals surface area contributed by atoms with Gasteiger partial charge < -0.3 is 19.9 Å². The van der Waals surface area contributed by atoms with E-state index in [1.165, 1.54) is 5.56 Å². The van der Waals surface area contributed by atoms with E-state index < -0.39 is 0 Å². The standard InChI is InChI=1S/C19H29N3O3/c1-4-21-9-11-22(12-10-21)19(24)7-8-20-18(23)14-25-17-6-5-15(2)16(3)13-17/h5-6,13H,4,7-12,14H2,1-3H3,(H,20,23). The summed E-state index contributed by atoms with van der Waals surface area (Å²) in [5.41, 5.74) is 2.32. The van der Waals surface area contributed by atoms with E-state index in [0.29, 0.717) is 18.7 Å². The predicted octanol–water partition coefficient (Wildman–Crippen LogP) is 1.35. The van der Waals surface area contributed by atoms with Crippen LogP contribution < -0.4 is 10.1 Å². The van der Waals surface area contributed by atoms with Crippen molar-refractivity contribution in [3.8, 4) is 5.75 Å². The van der Waals surface area contributed by atoms with Crippen LogP contribution in [0.4, 0.5) is 0 Å². The Morgan fingerprint density at radius 3 is 2.48 bits per heavy atom. The maximum atomic E-state index is 12.1. The minimum atomic E-state index is -0.207. The van der Waals surface area contributed by atoms with Crippen molar-refractivity contribution < 1.29 is 14.3 Å². The highest BCUT2D eigenvalue weighted by molar-refractivity contribution is 5.80. The SMILES string of the molecule is CCN1CCN(C(=O)CCNC(=O)COc2ccc(C)c(C)c2)CC1. The van der Waals surface area contributed by atoms with Gasteiger partial charge in [-0.3, -0.25) is 9.59 Å². The molecule has 0 aromatic heterocycles. The fourth-order valence-corrected chi connectivity index (χ4v) is 2.78. The zero-order valence-corrected chi connectivity index (χ0v) is 15.5. The van der Waals surface area contributed by atoms with Gasteiger partial charge in [0, 0.05) is 39.1 Å². The van der Waals surface area contributed by atoms with Crippen LogP contribution in [0.1, 0.15) is 24.5 Å². The number of piperazine rings is 1. The molecule has 1 aliphatic heterocycles. The zero-order valence-electron chi connectivity index (χ0n) is 15.5. The van der Waals surface area contributed by atoms with E-state index in [-0.39, 0.29) is 18.4 Å². The number of hydrogen-bond donors (Lipinski definition) is 1. The van der Waals surface area contributed by atoms with Gasteiger partial charge in [-0.15, -0.1) is 0 Å². The number of hydrogen-bond acceptors (Lipinski definition) is 4. The van der Waals surface area contributed by atoms with Gasteiger partial charge in [0.25, 0.3) is 5.91 Å². The van der Waals surface area contributed by atoms with Crippen LogP contribution in [0.15, 0.2) is 18.2 Å². The van der Waals surface area contributed by atoms with Crippen molar-refractivity contribution in [1.82, 2.24) is 15.1 Å². The Hall–Kier alpha value is -2.08. The lowest BCUT2D eigenvalue weighted by molar-refractivity contribution is -0.133. The molecule has 0 radical (unpaired) electrons. The van der Waals surface area contributed by atoms with Crippen LogP contribution in [0.3, 0.4) is 0 Å². The molecule has 0 saturated carbocycles. The molecule has 0 unspecified atom stereocenters. The molecule has 0 atom stereocenters. The summed E-state index contributed by atoms with van der Waals surface area (Å²) in [6, 6.07) is 5.75. The van der Waals surface area contributed by atoms with E-state index in [1.54, 1.807) is 0 Å². The first kappa shape index (κ1) is 19.2. The molecule has 2 rings (SSSR count). The summed E-state index contributed by atoms with van der Waals surface area (Å²) in [7, 11) is 0. The van der Waals surface area contributed by atoms with Crippen LogP contribution in [-0.4, -0.2) is 67.5 Å². The summed E-state index contributed by atoms with van der Waals surface area (Å²) in [6.45, 7) is 10.9. The Labute approximate surface area is 150 Å². The second kappa shape index (κ2) is 9.42. The quantitative estimate of drug-likeness (QED) is 0.809. The van der Waals surface area contributed by atoms with Gasteiger partial charge in [0.1, 0.15) is 5.75 Å². The fraction of sp³-hybridized carbons (Fsp3) is 0.579. The van der Waals surface area contributed by atoms with E-state index in [1.807, 2.05) is 36.9 Å². The highest BCUT2D eigenvalue weighted by Gasteiger charge is 2.19. The predicted molar refractivity (Wildman–Crippen MR) is 97.7 cm³/mol. The van der Waals surface area contributed by atoms with E-state index >= 15 is 0 Å². The normalized spacial score (nSPS) is 15.1. The highest BCUT2D eigenvalue weighted by atomic mass is 16.5. The van der Waals surface area contributed by atoms with E-state index in [2.05, 4.69) is 17.1 Å². The molecule has 1 aliphatic rings. The first-order valence-corrected chi connectivity index (χ1v) is 8.96. The number of likely N-dealkylation sites (N-methyl/N-ethyl adjacent to an activating group) is 1. The highest BCUT2D eigenvalue weighted by Crippen LogP contribution is 2.16. The molecule has 25 heavy (non-hydrogen) atoms. The molecule has 0 aliphatic carbocycles. The number of carbonyl (C=O) groups is 2. The number of aryl methyl sites for hydroxylation is 2. The average molecular weight is 347 g/mol. The Kier molecular flexibility index (Phi) is 7.25. The molecular weight excluding hydrogens is 318 g/mol. The van der Waals surface area contributed by atoms with Gasteiger partial charge in [0.05, 0.1) is 0 Å². The molecule has 138 valence electrons. The smallest absolute Gasteiger partial charge is 0.257 e. The molecule has 2 amide bonds. The van der Waals surface area contributed by atoms with Gasteiger partial charge in [-0.05, 0) is 43.7 Å². The van der Waals surface area contributed by atoms with Crippen molar-refractivity contribution in [2.75, 3.05) is 45.9 Å². The fourth-order valence-electron chi connectivity index (χ4n) is 2.78. The molecule has 0 bridgehead atoms.